The van der Waals surface area contributed by atoms with Gasteiger partial charge in [-0.15, -0.1) is 11.3 Å². The number of amides is 3. The largest absolute Gasteiger partial charge is 0.465 e. The predicted octanol–water partition coefficient (Wildman–Crippen LogP) is 3.75. The first-order chi connectivity index (χ1) is 17.0. The number of urea groups is 1. The zero-order valence-electron chi connectivity index (χ0n) is 20.2. The molecule has 1 aliphatic rings. The van der Waals surface area contributed by atoms with E-state index in [-0.39, 0.29) is 31.1 Å². The van der Waals surface area contributed by atoms with Gasteiger partial charge in [0.1, 0.15) is 17.1 Å². The monoisotopic (exact) mass is 496 g/mol. The molecule has 35 heavy (non-hydrogen) atoms. The first-order valence-corrected chi connectivity index (χ1v) is 13.0. The number of nitrogens with zero attached hydrogens (tertiary/aromatic N) is 3. The molecular formula is C26H32N4O4S. The number of esters is 1. The lowest BCUT2D eigenvalue weighted by atomic mass is 10.1. The number of fused-ring (bicyclic) bond motifs is 1. The van der Waals surface area contributed by atoms with Crippen LogP contribution < -0.4 is 5.32 Å². The van der Waals surface area contributed by atoms with Crippen LogP contribution in [-0.2, 0) is 22.5 Å². The highest BCUT2D eigenvalue weighted by molar-refractivity contribution is 7.16. The molecule has 1 N–H and O–H groups in total. The minimum absolute atomic E-state index is 0.00783. The Hall–Kier alpha value is -3.33. The molecule has 186 valence electrons. The van der Waals surface area contributed by atoms with E-state index < -0.39 is 5.97 Å². The minimum atomic E-state index is -0.463. The molecule has 4 rings (SSSR count). The maximum absolute atomic E-state index is 13.6. The molecule has 3 aromatic rings. The van der Waals surface area contributed by atoms with Gasteiger partial charge >= 0.3 is 12.0 Å². The topological polar surface area (TPSA) is 83.9 Å². The second kappa shape index (κ2) is 11.4. The van der Waals surface area contributed by atoms with E-state index in [2.05, 4.69) is 45.6 Å². The Kier molecular flexibility index (Phi) is 8.07. The number of hydrogen-bond acceptors (Lipinski definition) is 5. The second-order valence-electron chi connectivity index (χ2n) is 8.71. The Morgan fingerprint density at radius 2 is 1.94 bits per heavy atom. The van der Waals surface area contributed by atoms with E-state index in [0.29, 0.717) is 25.3 Å². The van der Waals surface area contributed by atoms with Gasteiger partial charge in [0.05, 0.1) is 6.61 Å². The number of carbonyl (C=O) groups excluding carboxylic acids is 3. The van der Waals surface area contributed by atoms with E-state index in [1.165, 1.54) is 5.56 Å². The number of rotatable bonds is 8. The summed E-state index contributed by atoms with van der Waals surface area (Å²) in [5, 5.41) is 5.75. The highest BCUT2D eigenvalue weighted by Gasteiger charge is 2.32. The maximum atomic E-state index is 13.6. The van der Waals surface area contributed by atoms with Crippen LogP contribution in [0.25, 0.3) is 10.2 Å². The van der Waals surface area contributed by atoms with Crippen LogP contribution in [0.15, 0.2) is 47.8 Å². The van der Waals surface area contributed by atoms with E-state index >= 15 is 0 Å². The van der Waals surface area contributed by atoms with E-state index in [0.717, 1.165) is 29.6 Å². The Morgan fingerprint density at radius 1 is 1.14 bits per heavy atom. The highest BCUT2D eigenvalue weighted by atomic mass is 32.1. The number of thiophene rings is 1. The first kappa shape index (κ1) is 24.8. The quantitative estimate of drug-likeness (QED) is 0.482. The molecule has 2 aromatic heterocycles. The van der Waals surface area contributed by atoms with E-state index in [9.17, 15) is 14.4 Å². The lowest BCUT2D eigenvalue weighted by molar-refractivity contribution is -0.141. The van der Waals surface area contributed by atoms with Gasteiger partial charge in [0.25, 0.3) is 5.91 Å². The Labute approximate surface area is 209 Å². The van der Waals surface area contributed by atoms with Crippen LogP contribution in [0.4, 0.5) is 4.79 Å². The van der Waals surface area contributed by atoms with Crippen LogP contribution in [0.3, 0.4) is 0 Å². The van der Waals surface area contributed by atoms with Gasteiger partial charge in [0.2, 0.25) is 0 Å². The molecule has 1 unspecified atom stereocenters. The number of hydrogen-bond donors (Lipinski definition) is 1. The molecule has 0 bridgehead atoms. The fraction of sp³-hybridized carbons (Fsp3) is 0.423. The number of aromatic nitrogens is 1. The summed E-state index contributed by atoms with van der Waals surface area (Å²) < 4.78 is 7.01. The molecule has 0 radical (unpaired) electrons. The number of ether oxygens (including phenoxy) is 1. The summed E-state index contributed by atoms with van der Waals surface area (Å²) in [4.78, 5) is 42.2. The van der Waals surface area contributed by atoms with Gasteiger partial charge < -0.3 is 24.4 Å². The average molecular weight is 497 g/mol. The molecule has 3 amide bonds. The van der Waals surface area contributed by atoms with Crippen molar-refractivity contribution in [3.63, 3.8) is 0 Å². The predicted molar refractivity (Wildman–Crippen MR) is 137 cm³/mol. The van der Waals surface area contributed by atoms with Gasteiger partial charge in [0.15, 0.2) is 0 Å². The molecule has 8 nitrogen and oxygen atoms in total. The third-order valence-electron chi connectivity index (χ3n) is 6.28. The molecule has 0 aliphatic carbocycles. The third-order valence-corrected chi connectivity index (χ3v) is 7.23. The lowest BCUT2D eigenvalue weighted by Gasteiger charge is -2.39. The number of carbonyl (C=O) groups is 3. The van der Waals surface area contributed by atoms with Gasteiger partial charge in [-0.05, 0) is 49.8 Å². The summed E-state index contributed by atoms with van der Waals surface area (Å²) >= 11 is 1.65. The van der Waals surface area contributed by atoms with Crippen molar-refractivity contribution in [3.8, 4) is 0 Å². The van der Waals surface area contributed by atoms with E-state index in [4.69, 9.17) is 4.74 Å². The molecule has 9 heteroatoms. The van der Waals surface area contributed by atoms with Gasteiger partial charge in [-0.2, -0.15) is 0 Å². The molecule has 1 saturated heterocycles. The highest BCUT2D eigenvalue weighted by Crippen LogP contribution is 2.27. The zero-order chi connectivity index (χ0) is 24.8. The molecule has 1 aromatic carbocycles. The van der Waals surface area contributed by atoms with Crippen LogP contribution in [0, 0.1) is 0 Å². The summed E-state index contributed by atoms with van der Waals surface area (Å²) in [6.07, 6.45) is 1.90. The van der Waals surface area contributed by atoms with Crippen molar-refractivity contribution < 1.29 is 19.1 Å². The van der Waals surface area contributed by atoms with Gasteiger partial charge in [-0.1, -0.05) is 30.3 Å². The Morgan fingerprint density at radius 3 is 2.69 bits per heavy atom. The summed E-state index contributed by atoms with van der Waals surface area (Å²) in [5.41, 5.74) is 1.99. The number of piperazine rings is 1. The van der Waals surface area contributed by atoms with Crippen molar-refractivity contribution in [2.75, 3.05) is 32.8 Å². The van der Waals surface area contributed by atoms with Crippen molar-refractivity contribution in [3.05, 3.63) is 59.1 Å². The summed E-state index contributed by atoms with van der Waals surface area (Å²) in [5.74, 6) is -0.471. The normalized spacial score (nSPS) is 15.9. The van der Waals surface area contributed by atoms with E-state index in [1.807, 2.05) is 24.0 Å². The number of nitrogens with one attached hydrogen (secondary N) is 1. The van der Waals surface area contributed by atoms with Gasteiger partial charge in [-0.3, -0.25) is 9.59 Å². The van der Waals surface area contributed by atoms with Crippen molar-refractivity contribution in [1.29, 1.82) is 0 Å². The molecule has 1 aliphatic heterocycles. The zero-order valence-corrected chi connectivity index (χ0v) is 21.1. The molecule has 0 spiro atoms. The average Bonchev–Trinajstić information content (AvgIpc) is 3.45. The van der Waals surface area contributed by atoms with Crippen molar-refractivity contribution in [1.82, 2.24) is 19.7 Å². The smallest absolute Gasteiger partial charge is 0.325 e. The molecule has 1 fully saturated rings. The first-order valence-electron chi connectivity index (χ1n) is 12.1. The standard InChI is InChI=1S/C26H32N4O4S/c1-3-34-23(31)17-27-26(33)29-14-13-28(18-19(29)2)24(32)22-16-21-11-15-35-25(21)30(22)12-7-10-20-8-5-4-6-9-20/h4-6,8-9,11,15-16,19H,3,7,10,12-14,17-18H2,1-2H3,(H,27,33). The fourth-order valence-electron chi connectivity index (χ4n) is 4.53. The fourth-order valence-corrected chi connectivity index (χ4v) is 5.45. The molecular weight excluding hydrogens is 464 g/mol. The van der Waals surface area contributed by atoms with E-state index in [1.54, 1.807) is 23.2 Å². The molecule has 0 saturated carbocycles. The summed E-state index contributed by atoms with van der Waals surface area (Å²) in [6, 6.07) is 13.9. The second-order valence-corrected chi connectivity index (χ2v) is 9.60. The van der Waals surface area contributed by atoms with Crippen LogP contribution >= 0.6 is 11.3 Å². The SMILES string of the molecule is CCOC(=O)CNC(=O)N1CCN(C(=O)c2cc3ccsc3n2CCCc2ccccc2)CC1C. The summed E-state index contributed by atoms with van der Waals surface area (Å²) in [6.45, 7) is 5.81. The maximum Gasteiger partial charge on any atom is 0.325 e. The Balaban J connectivity index is 1.39. The molecule has 1 atom stereocenters. The molecule has 3 heterocycles. The van der Waals surface area contributed by atoms with Crippen molar-refractivity contribution in [2.45, 2.75) is 39.3 Å². The van der Waals surface area contributed by atoms with Crippen molar-refractivity contribution >= 4 is 39.5 Å². The number of aryl methyl sites for hydroxylation is 2. The van der Waals surface area contributed by atoms with Crippen molar-refractivity contribution in [2.24, 2.45) is 0 Å². The van der Waals surface area contributed by atoms with Gasteiger partial charge in [-0.25, -0.2) is 4.79 Å². The minimum Gasteiger partial charge on any atom is -0.465 e. The summed E-state index contributed by atoms with van der Waals surface area (Å²) in [7, 11) is 0. The lowest BCUT2D eigenvalue weighted by Crippen LogP contribution is -2.58. The van der Waals surface area contributed by atoms with Crippen LogP contribution in [0.1, 0.15) is 36.3 Å². The van der Waals surface area contributed by atoms with Crippen LogP contribution in [-0.4, -0.2) is 71.1 Å². The third kappa shape index (κ3) is 5.85. The Bertz CT molecular complexity index is 1170. The van der Waals surface area contributed by atoms with Crippen LogP contribution in [0.2, 0.25) is 0 Å². The van der Waals surface area contributed by atoms with Crippen LogP contribution in [0.5, 0.6) is 0 Å². The number of benzene rings is 1. The van der Waals surface area contributed by atoms with Gasteiger partial charge in [0, 0.05) is 37.6 Å².